The molecule has 0 rings (SSSR count). The average molecular weight is 226 g/mol. The summed E-state index contributed by atoms with van der Waals surface area (Å²) in [5.74, 6) is -0.125. The van der Waals surface area contributed by atoms with Gasteiger partial charge in [0.2, 0.25) is 5.91 Å². The number of rotatable bonds is 8. The van der Waals surface area contributed by atoms with E-state index in [0.717, 1.165) is 12.0 Å². The van der Waals surface area contributed by atoms with Crippen molar-refractivity contribution in [2.75, 3.05) is 26.3 Å². The Bertz CT molecular complexity index is 247. The first-order valence-corrected chi connectivity index (χ1v) is 5.60. The van der Waals surface area contributed by atoms with Crippen molar-refractivity contribution >= 4 is 5.91 Å². The van der Waals surface area contributed by atoms with E-state index in [1.54, 1.807) is 0 Å². The van der Waals surface area contributed by atoms with Crippen LogP contribution in [-0.2, 0) is 9.53 Å². The fourth-order valence-electron chi connectivity index (χ4n) is 1.02. The second-order valence-corrected chi connectivity index (χ2v) is 3.31. The number of amides is 1. The van der Waals surface area contributed by atoms with E-state index in [-0.39, 0.29) is 12.5 Å². The van der Waals surface area contributed by atoms with Crippen molar-refractivity contribution in [3.63, 3.8) is 0 Å². The smallest absolute Gasteiger partial charge is 0.246 e. The highest BCUT2D eigenvalue weighted by molar-refractivity contribution is 5.77. The van der Waals surface area contributed by atoms with Gasteiger partial charge in [0, 0.05) is 13.1 Å². The molecule has 92 valence electrons. The van der Waals surface area contributed by atoms with E-state index >= 15 is 0 Å². The molecule has 0 saturated carbocycles. The first-order valence-electron chi connectivity index (χ1n) is 5.60. The van der Waals surface area contributed by atoms with E-state index in [1.807, 2.05) is 19.1 Å². The van der Waals surface area contributed by atoms with Gasteiger partial charge in [-0.15, -0.1) is 0 Å². The fourth-order valence-corrected chi connectivity index (χ4v) is 1.02. The SMILES string of the molecule is C/C=C(\C=C/CC)COCC(=O)NCCN. The first kappa shape index (κ1) is 14.9. The number of carbonyl (C=O) groups excluding carboxylic acids is 1. The standard InChI is InChI=1S/C12H22N2O2/c1-3-5-6-11(4-2)9-16-10-12(15)14-8-7-13/h4-6H,3,7-10,13H2,1-2H3,(H,14,15)/b6-5-,11-4+. The van der Waals surface area contributed by atoms with Gasteiger partial charge in [-0.3, -0.25) is 4.79 Å². The van der Waals surface area contributed by atoms with Crippen molar-refractivity contribution in [1.29, 1.82) is 0 Å². The van der Waals surface area contributed by atoms with Gasteiger partial charge in [-0.25, -0.2) is 0 Å². The number of nitrogens with one attached hydrogen (secondary N) is 1. The van der Waals surface area contributed by atoms with Crippen LogP contribution in [0, 0.1) is 0 Å². The molecule has 16 heavy (non-hydrogen) atoms. The van der Waals surface area contributed by atoms with E-state index in [2.05, 4.69) is 18.3 Å². The van der Waals surface area contributed by atoms with Gasteiger partial charge in [-0.2, -0.15) is 0 Å². The third-order valence-corrected chi connectivity index (χ3v) is 1.91. The summed E-state index contributed by atoms with van der Waals surface area (Å²) in [5.41, 5.74) is 6.33. The lowest BCUT2D eigenvalue weighted by Crippen LogP contribution is -2.32. The van der Waals surface area contributed by atoms with Gasteiger partial charge in [-0.1, -0.05) is 25.2 Å². The summed E-state index contributed by atoms with van der Waals surface area (Å²) in [6.07, 6.45) is 7.04. The van der Waals surface area contributed by atoms with Gasteiger partial charge in [0.15, 0.2) is 0 Å². The van der Waals surface area contributed by atoms with Crippen LogP contribution >= 0.6 is 0 Å². The predicted molar refractivity (Wildman–Crippen MR) is 66.1 cm³/mol. The van der Waals surface area contributed by atoms with Crippen LogP contribution in [0.3, 0.4) is 0 Å². The largest absolute Gasteiger partial charge is 0.367 e. The number of hydrogen-bond donors (Lipinski definition) is 2. The normalized spacial score (nSPS) is 12.1. The van der Waals surface area contributed by atoms with Crippen LogP contribution in [0.4, 0.5) is 0 Å². The molecule has 0 bridgehead atoms. The maximum absolute atomic E-state index is 11.2. The molecule has 0 aliphatic heterocycles. The Balaban J connectivity index is 3.70. The molecule has 4 nitrogen and oxygen atoms in total. The van der Waals surface area contributed by atoms with Crippen molar-refractivity contribution < 1.29 is 9.53 Å². The minimum atomic E-state index is -0.125. The van der Waals surface area contributed by atoms with Gasteiger partial charge in [0.1, 0.15) is 6.61 Å². The summed E-state index contributed by atoms with van der Waals surface area (Å²) in [6.45, 7) is 5.51. The Hall–Kier alpha value is -1.13. The molecular weight excluding hydrogens is 204 g/mol. The lowest BCUT2D eigenvalue weighted by atomic mass is 10.2. The average Bonchev–Trinajstić information content (AvgIpc) is 2.30. The Morgan fingerprint density at radius 1 is 1.44 bits per heavy atom. The van der Waals surface area contributed by atoms with Crippen molar-refractivity contribution in [3.8, 4) is 0 Å². The molecule has 4 heteroatoms. The highest BCUT2D eigenvalue weighted by atomic mass is 16.5. The second kappa shape index (κ2) is 10.4. The number of ether oxygens (including phenoxy) is 1. The van der Waals surface area contributed by atoms with E-state index in [9.17, 15) is 4.79 Å². The first-order chi connectivity index (χ1) is 7.74. The third-order valence-electron chi connectivity index (χ3n) is 1.91. The molecule has 0 fully saturated rings. The van der Waals surface area contributed by atoms with Gasteiger partial charge >= 0.3 is 0 Å². The third kappa shape index (κ3) is 8.20. The summed E-state index contributed by atoms with van der Waals surface area (Å²) in [5, 5.41) is 2.64. The predicted octanol–water partition coefficient (Wildman–Crippen LogP) is 0.990. The van der Waals surface area contributed by atoms with E-state index in [4.69, 9.17) is 10.5 Å². The monoisotopic (exact) mass is 226 g/mol. The minimum absolute atomic E-state index is 0.0807. The van der Waals surface area contributed by atoms with Gasteiger partial charge in [-0.05, 0) is 18.9 Å². The van der Waals surface area contributed by atoms with Crippen LogP contribution in [0.15, 0.2) is 23.8 Å². The molecule has 3 N–H and O–H groups in total. The van der Waals surface area contributed by atoms with Crippen molar-refractivity contribution in [3.05, 3.63) is 23.8 Å². The summed E-state index contributed by atoms with van der Waals surface area (Å²) >= 11 is 0. The topological polar surface area (TPSA) is 64.3 Å². The second-order valence-electron chi connectivity index (χ2n) is 3.31. The molecule has 0 heterocycles. The van der Waals surface area contributed by atoms with Crippen molar-refractivity contribution in [2.24, 2.45) is 5.73 Å². The van der Waals surface area contributed by atoms with Crippen LogP contribution < -0.4 is 11.1 Å². The number of carbonyl (C=O) groups is 1. The Labute approximate surface area is 97.5 Å². The molecule has 1 amide bonds. The maximum atomic E-state index is 11.2. The van der Waals surface area contributed by atoms with Crippen LogP contribution in [-0.4, -0.2) is 32.2 Å². The zero-order chi connectivity index (χ0) is 12.2. The molecule has 0 aromatic rings. The molecule has 0 spiro atoms. The zero-order valence-electron chi connectivity index (χ0n) is 10.2. The van der Waals surface area contributed by atoms with Crippen molar-refractivity contribution in [2.45, 2.75) is 20.3 Å². The van der Waals surface area contributed by atoms with Gasteiger partial charge in [0.05, 0.1) is 6.61 Å². The minimum Gasteiger partial charge on any atom is -0.367 e. The van der Waals surface area contributed by atoms with Crippen molar-refractivity contribution in [1.82, 2.24) is 5.32 Å². The Kier molecular flexibility index (Phi) is 9.66. The fraction of sp³-hybridized carbons (Fsp3) is 0.583. The molecule has 0 atom stereocenters. The van der Waals surface area contributed by atoms with Crippen LogP contribution in [0.5, 0.6) is 0 Å². The molecule has 0 unspecified atom stereocenters. The highest BCUT2D eigenvalue weighted by Gasteiger charge is 2.00. The summed E-state index contributed by atoms with van der Waals surface area (Å²) in [4.78, 5) is 11.2. The quantitative estimate of drug-likeness (QED) is 0.607. The maximum Gasteiger partial charge on any atom is 0.246 e. The molecule has 0 aromatic heterocycles. The molecule has 0 aliphatic rings. The number of nitrogens with two attached hydrogens (primary N) is 1. The lowest BCUT2D eigenvalue weighted by molar-refractivity contribution is -0.125. The number of allylic oxidation sites excluding steroid dienone is 2. The van der Waals surface area contributed by atoms with Crippen LogP contribution in [0.1, 0.15) is 20.3 Å². The number of hydrogen-bond acceptors (Lipinski definition) is 3. The summed E-state index contributed by atoms with van der Waals surface area (Å²) < 4.78 is 5.27. The Morgan fingerprint density at radius 2 is 2.19 bits per heavy atom. The Morgan fingerprint density at radius 3 is 2.75 bits per heavy atom. The van der Waals surface area contributed by atoms with E-state index in [1.165, 1.54) is 0 Å². The highest BCUT2D eigenvalue weighted by Crippen LogP contribution is 1.98. The van der Waals surface area contributed by atoms with Gasteiger partial charge in [0.25, 0.3) is 0 Å². The van der Waals surface area contributed by atoms with Gasteiger partial charge < -0.3 is 15.8 Å². The summed E-state index contributed by atoms with van der Waals surface area (Å²) in [7, 11) is 0. The van der Waals surface area contributed by atoms with E-state index < -0.39 is 0 Å². The van der Waals surface area contributed by atoms with Crippen LogP contribution in [0.2, 0.25) is 0 Å². The molecule has 0 aliphatic carbocycles. The molecule has 0 saturated heterocycles. The molecule has 0 radical (unpaired) electrons. The van der Waals surface area contributed by atoms with E-state index in [0.29, 0.717) is 19.7 Å². The lowest BCUT2D eigenvalue weighted by Gasteiger charge is -2.05. The molecular formula is C12H22N2O2. The summed E-state index contributed by atoms with van der Waals surface area (Å²) in [6, 6.07) is 0. The zero-order valence-corrected chi connectivity index (χ0v) is 10.2. The van der Waals surface area contributed by atoms with Crippen LogP contribution in [0.25, 0.3) is 0 Å². The molecule has 0 aromatic carbocycles.